The van der Waals surface area contributed by atoms with Crippen molar-refractivity contribution in [3.8, 4) is 0 Å². The first-order valence-electron chi connectivity index (χ1n) is 9.74. The first kappa shape index (κ1) is 20.9. The summed E-state index contributed by atoms with van der Waals surface area (Å²) in [6.07, 6.45) is 1.04. The van der Waals surface area contributed by atoms with Crippen molar-refractivity contribution in [1.82, 2.24) is 20.0 Å². The third-order valence-corrected chi connectivity index (χ3v) is 7.06. The molecule has 3 rings (SSSR count). The fourth-order valence-corrected chi connectivity index (χ4v) is 4.37. The van der Waals surface area contributed by atoms with Crippen LogP contribution in [0.4, 0.5) is 0 Å². The van der Waals surface area contributed by atoms with Gasteiger partial charge in [0.2, 0.25) is 0 Å². The predicted octanol–water partition coefficient (Wildman–Crippen LogP) is 4.03. The Morgan fingerprint density at radius 2 is 2.00 bits per heavy atom. The summed E-state index contributed by atoms with van der Waals surface area (Å²) in [5.74, 6) is 1.20. The van der Waals surface area contributed by atoms with Gasteiger partial charge in [0.25, 0.3) is 5.91 Å². The summed E-state index contributed by atoms with van der Waals surface area (Å²) in [6.45, 7) is 13.8. The van der Waals surface area contributed by atoms with E-state index in [0.29, 0.717) is 35.6 Å². The number of carbonyl (C=O) groups is 1. The second kappa shape index (κ2) is 7.23. The zero-order valence-corrected chi connectivity index (χ0v) is 18.6. The van der Waals surface area contributed by atoms with Crippen molar-refractivity contribution < 1.29 is 9.21 Å². The zero-order valence-electron chi connectivity index (χ0n) is 17.9. The second-order valence-corrected chi connectivity index (χ2v) is 9.42. The lowest BCUT2D eigenvalue weighted by molar-refractivity contribution is 0.0873. The van der Waals surface area contributed by atoms with Gasteiger partial charge >= 0.3 is 0 Å². The Morgan fingerprint density at radius 3 is 2.54 bits per heavy atom. The van der Waals surface area contributed by atoms with Gasteiger partial charge in [0, 0.05) is 17.6 Å². The standard InChI is InChI=1S/C21H31ClN4O2/c1-13-18(22)14(2)26(24-13)12-16-8-9-17(28-16)19(27)23-11-15-10-20(3,4)25(7)21(15,5)6/h8-9,15H,10-12H2,1-7H3,(H,23,27). The molecule has 2 aromatic heterocycles. The largest absolute Gasteiger partial charge is 0.454 e. The van der Waals surface area contributed by atoms with Crippen molar-refractivity contribution >= 4 is 17.5 Å². The number of hydrogen-bond donors (Lipinski definition) is 1. The molecule has 1 unspecified atom stereocenters. The number of furan rings is 1. The number of amides is 1. The molecular weight excluding hydrogens is 376 g/mol. The molecule has 1 saturated heterocycles. The van der Waals surface area contributed by atoms with Gasteiger partial charge in [-0.3, -0.25) is 14.4 Å². The van der Waals surface area contributed by atoms with Crippen molar-refractivity contribution in [1.29, 1.82) is 0 Å². The van der Waals surface area contributed by atoms with Crippen molar-refractivity contribution in [2.24, 2.45) is 5.92 Å². The number of hydrogen-bond acceptors (Lipinski definition) is 4. The summed E-state index contributed by atoms with van der Waals surface area (Å²) >= 11 is 6.20. The number of rotatable bonds is 5. The minimum absolute atomic E-state index is 0.0276. The monoisotopic (exact) mass is 406 g/mol. The molecule has 1 atom stereocenters. The molecule has 1 amide bonds. The topological polar surface area (TPSA) is 63.3 Å². The number of nitrogens with one attached hydrogen (secondary N) is 1. The molecule has 0 aliphatic carbocycles. The van der Waals surface area contributed by atoms with E-state index in [-0.39, 0.29) is 17.0 Å². The zero-order chi connectivity index (χ0) is 20.9. The van der Waals surface area contributed by atoms with Crippen LogP contribution in [0.25, 0.3) is 0 Å². The maximum Gasteiger partial charge on any atom is 0.287 e. The van der Waals surface area contributed by atoms with E-state index in [9.17, 15) is 4.79 Å². The van der Waals surface area contributed by atoms with Gasteiger partial charge in [0.1, 0.15) is 5.76 Å². The quantitative estimate of drug-likeness (QED) is 0.814. The van der Waals surface area contributed by atoms with Crippen molar-refractivity contribution in [2.45, 2.75) is 65.6 Å². The van der Waals surface area contributed by atoms with Gasteiger partial charge < -0.3 is 9.73 Å². The maximum absolute atomic E-state index is 12.6. The maximum atomic E-state index is 12.6. The Balaban J connectivity index is 1.62. The Bertz CT molecular complexity index is 881. The Morgan fingerprint density at radius 1 is 1.32 bits per heavy atom. The van der Waals surface area contributed by atoms with E-state index in [1.165, 1.54) is 0 Å². The van der Waals surface area contributed by atoms with Crippen LogP contribution < -0.4 is 5.32 Å². The average Bonchev–Trinajstić information content (AvgIpc) is 3.22. The van der Waals surface area contributed by atoms with Gasteiger partial charge in [-0.2, -0.15) is 5.10 Å². The lowest BCUT2D eigenvalue weighted by atomic mass is 9.87. The summed E-state index contributed by atoms with van der Waals surface area (Å²) in [5, 5.41) is 8.12. The molecule has 154 valence electrons. The average molecular weight is 407 g/mol. The first-order valence-corrected chi connectivity index (χ1v) is 10.1. The minimum Gasteiger partial charge on any atom is -0.454 e. The number of nitrogens with zero attached hydrogens (tertiary/aromatic N) is 3. The van der Waals surface area contributed by atoms with Gasteiger partial charge in [-0.15, -0.1) is 0 Å². The molecule has 0 spiro atoms. The summed E-state index contributed by atoms with van der Waals surface area (Å²) in [5.41, 5.74) is 1.82. The van der Waals surface area contributed by atoms with Crippen LogP contribution >= 0.6 is 11.6 Å². The number of aromatic nitrogens is 2. The fraction of sp³-hybridized carbons (Fsp3) is 0.619. The van der Waals surface area contributed by atoms with Crippen LogP contribution in [0.5, 0.6) is 0 Å². The van der Waals surface area contributed by atoms with Crippen LogP contribution in [0, 0.1) is 19.8 Å². The summed E-state index contributed by atoms with van der Waals surface area (Å²) in [4.78, 5) is 15.0. The Kier molecular flexibility index (Phi) is 5.40. The van der Waals surface area contributed by atoms with Gasteiger partial charge in [-0.05, 0) is 73.1 Å². The molecule has 0 bridgehead atoms. The van der Waals surface area contributed by atoms with E-state index in [2.05, 4.69) is 50.1 Å². The van der Waals surface area contributed by atoms with Gasteiger partial charge in [-0.1, -0.05) is 11.6 Å². The number of halogens is 1. The highest BCUT2D eigenvalue weighted by Gasteiger charge is 2.49. The highest BCUT2D eigenvalue weighted by molar-refractivity contribution is 6.31. The molecule has 7 heteroatoms. The molecule has 28 heavy (non-hydrogen) atoms. The summed E-state index contributed by atoms with van der Waals surface area (Å²) in [6, 6.07) is 3.53. The third-order valence-electron chi connectivity index (χ3n) is 6.51. The lowest BCUT2D eigenvalue weighted by Gasteiger charge is -2.38. The van der Waals surface area contributed by atoms with Crippen LogP contribution in [0.3, 0.4) is 0 Å². The molecule has 6 nitrogen and oxygen atoms in total. The molecule has 0 radical (unpaired) electrons. The number of aryl methyl sites for hydroxylation is 1. The SMILES string of the molecule is Cc1nn(Cc2ccc(C(=O)NCC3CC(C)(C)N(C)C3(C)C)o2)c(C)c1Cl. The molecule has 3 heterocycles. The molecule has 1 fully saturated rings. The highest BCUT2D eigenvalue weighted by Crippen LogP contribution is 2.43. The van der Waals surface area contributed by atoms with E-state index >= 15 is 0 Å². The fourth-order valence-electron chi connectivity index (χ4n) is 4.23. The number of likely N-dealkylation sites (tertiary alicyclic amines) is 1. The van der Waals surface area contributed by atoms with Gasteiger partial charge in [0.15, 0.2) is 5.76 Å². The third kappa shape index (κ3) is 3.72. The van der Waals surface area contributed by atoms with Crippen LogP contribution in [0.2, 0.25) is 5.02 Å². The normalized spacial score (nSPS) is 21.2. The van der Waals surface area contributed by atoms with E-state index < -0.39 is 0 Å². The lowest BCUT2D eigenvalue weighted by Crippen LogP contribution is -2.48. The van der Waals surface area contributed by atoms with Crippen molar-refractivity contribution in [2.75, 3.05) is 13.6 Å². The molecular formula is C21H31ClN4O2. The molecule has 1 aliphatic rings. The van der Waals surface area contributed by atoms with Crippen LogP contribution in [0.15, 0.2) is 16.5 Å². The van der Waals surface area contributed by atoms with Crippen LogP contribution in [-0.2, 0) is 6.54 Å². The Hall–Kier alpha value is -1.79. The van der Waals surface area contributed by atoms with E-state index in [1.807, 2.05) is 19.9 Å². The van der Waals surface area contributed by atoms with Gasteiger partial charge in [0.05, 0.1) is 23.0 Å². The van der Waals surface area contributed by atoms with E-state index in [4.69, 9.17) is 16.0 Å². The van der Waals surface area contributed by atoms with Gasteiger partial charge in [-0.25, -0.2) is 0 Å². The highest BCUT2D eigenvalue weighted by atomic mass is 35.5. The second-order valence-electron chi connectivity index (χ2n) is 9.04. The van der Waals surface area contributed by atoms with Crippen LogP contribution in [-0.4, -0.2) is 45.3 Å². The molecule has 1 N–H and O–H groups in total. The summed E-state index contributed by atoms with van der Waals surface area (Å²) in [7, 11) is 2.16. The van der Waals surface area contributed by atoms with Crippen molar-refractivity contribution in [3.05, 3.63) is 40.1 Å². The summed E-state index contributed by atoms with van der Waals surface area (Å²) < 4.78 is 7.55. The molecule has 0 saturated carbocycles. The molecule has 1 aliphatic heterocycles. The first-order chi connectivity index (χ1) is 12.9. The number of carbonyl (C=O) groups excluding carboxylic acids is 1. The predicted molar refractivity (Wildman–Crippen MR) is 111 cm³/mol. The molecule has 2 aromatic rings. The van der Waals surface area contributed by atoms with Crippen LogP contribution in [0.1, 0.15) is 61.8 Å². The smallest absolute Gasteiger partial charge is 0.287 e. The van der Waals surface area contributed by atoms with Crippen molar-refractivity contribution in [3.63, 3.8) is 0 Å². The van der Waals surface area contributed by atoms with E-state index in [0.717, 1.165) is 17.8 Å². The minimum atomic E-state index is -0.180. The van der Waals surface area contributed by atoms with E-state index in [1.54, 1.807) is 10.7 Å². The molecule has 0 aromatic carbocycles. The Labute approximate surface area is 172 Å².